The predicted octanol–water partition coefficient (Wildman–Crippen LogP) is 4.57. The molecule has 2 aromatic rings. The Bertz CT molecular complexity index is 635. The number of methoxy groups -OCH3 is 1. The molecule has 0 fully saturated rings. The van der Waals surface area contributed by atoms with Gasteiger partial charge in [0.2, 0.25) is 0 Å². The van der Waals surface area contributed by atoms with Crippen LogP contribution in [0.2, 0.25) is 0 Å². The van der Waals surface area contributed by atoms with Gasteiger partial charge in [-0.2, -0.15) is 0 Å². The molecule has 0 amide bonds. The molecule has 0 aliphatic carbocycles. The second-order valence-corrected chi connectivity index (χ2v) is 6.31. The van der Waals surface area contributed by atoms with Gasteiger partial charge < -0.3 is 4.74 Å². The molecule has 2 nitrogen and oxygen atoms in total. The Labute approximate surface area is 120 Å². The first-order chi connectivity index (χ1) is 9.32. The summed E-state index contributed by atoms with van der Waals surface area (Å²) in [5.74, 6) is 1.04. The number of benzene rings is 2. The predicted molar refractivity (Wildman–Crippen MR) is 83.4 cm³/mol. The van der Waals surface area contributed by atoms with E-state index in [1.54, 1.807) is 7.11 Å². The van der Waals surface area contributed by atoms with E-state index in [1.165, 1.54) is 0 Å². The molecule has 0 aromatic heterocycles. The van der Waals surface area contributed by atoms with Gasteiger partial charge in [-0.05, 0) is 28.5 Å². The van der Waals surface area contributed by atoms with Gasteiger partial charge in [0.25, 0.3) is 0 Å². The Balaban J connectivity index is 2.39. The minimum atomic E-state index is -0.311. The van der Waals surface area contributed by atoms with Crippen molar-refractivity contribution in [1.82, 2.24) is 0 Å². The summed E-state index contributed by atoms with van der Waals surface area (Å²) in [7, 11) is 1.67. The number of carbonyl (C=O) groups excluding carboxylic acids is 1. The monoisotopic (exact) mass is 270 g/mol. The largest absolute Gasteiger partial charge is 0.497 e. The first-order valence-corrected chi connectivity index (χ1v) is 6.95. The van der Waals surface area contributed by atoms with Crippen molar-refractivity contribution in [2.24, 2.45) is 5.41 Å². The number of ketones is 1. The first-order valence-electron chi connectivity index (χ1n) is 6.95. The fourth-order valence-electron chi connectivity index (χ4n) is 2.44. The lowest BCUT2D eigenvalue weighted by atomic mass is 9.80. The lowest BCUT2D eigenvalue weighted by molar-refractivity contribution is -0.127. The van der Waals surface area contributed by atoms with Crippen LogP contribution in [0.5, 0.6) is 5.75 Å². The Morgan fingerprint density at radius 1 is 1.05 bits per heavy atom. The van der Waals surface area contributed by atoms with Gasteiger partial charge >= 0.3 is 0 Å². The number of hydrogen-bond acceptors (Lipinski definition) is 2. The van der Waals surface area contributed by atoms with E-state index >= 15 is 0 Å². The minimum absolute atomic E-state index is 0.0819. The lowest BCUT2D eigenvalue weighted by Gasteiger charge is -2.22. The summed E-state index contributed by atoms with van der Waals surface area (Å²) in [6.07, 6.45) is 0. The quantitative estimate of drug-likeness (QED) is 0.816. The van der Waals surface area contributed by atoms with Crippen molar-refractivity contribution in [2.75, 3.05) is 7.11 Å². The molecule has 2 aromatic carbocycles. The fraction of sp³-hybridized carbons (Fsp3) is 0.389. The van der Waals surface area contributed by atoms with E-state index in [0.717, 1.165) is 22.1 Å². The smallest absolute Gasteiger partial charge is 0.145 e. The molecule has 0 saturated carbocycles. The average Bonchev–Trinajstić information content (AvgIpc) is 2.43. The number of rotatable bonds is 3. The molecule has 2 rings (SSSR count). The maximum Gasteiger partial charge on any atom is 0.145 e. The molecule has 0 heterocycles. The van der Waals surface area contributed by atoms with Crippen LogP contribution in [0.4, 0.5) is 0 Å². The van der Waals surface area contributed by atoms with Crippen LogP contribution < -0.4 is 4.74 Å². The molecule has 0 saturated heterocycles. The van der Waals surface area contributed by atoms with E-state index in [-0.39, 0.29) is 17.1 Å². The number of carbonyl (C=O) groups is 1. The summed E-state index contributed by atoms with van der Waals surface area (Å²) in [6, 6.07) is 12.2. The zero-order chi connectivity index (χ0) is 14.9. The molecule has 2 heteroatoms. The molecule has 106 valence electrons. The van der Waals surface area contributed by atoms with Crippen LogP contribution in [-0.2, 0) is 4.79 Å². The molecule has 20 heavy (non-hydrogen) atoms. The number of hydrogen-bond donors (Lipinski definition) is 0. The second-order valence-electron chi connectivity index (χ2n) is 6.31. The van der Waals surface area contributed by atoms with Crippen molar-refractivity contribution in [3.63, 3.8) is 0 Å². The highest BCUT2D eigenvalue weighted by atomic mass is 16.5. The van der Waals surface area contributed by atoms with Crippen LogP contribution in [0.15, 0.2) is 36.4 Å². The van der Waals surface area contributed by atoms with E-state index < -0.39 is 0 Å². The Hall–Kier alpha value is -1.83. The topological polar surface area (TPSA) is 26.3 Å². The van der Waals surface area contributed by atoms with E-state index in [2.05, 4.69) is 12.1 Å². The Kier molecular flexibility index (Phi) is 3.85. The average molecular weight is 270 g/mol. The zero-order valence-corrected chi connectivity index (χ0v) is 12.9. The fourth-order valence-corrected chi connectivity index (χ4v) is 2.44. The van der Waals surface area contributed by atoms with Crippen LogP contribution in [-0.4, -0.2) is 12.9 Å². The highest BCUT2D eigenvalue weighted by molar-refractivity contribution is 5.92. The van der Waals surface area contributed by atoms with E-state index in [0.29, 0.717) is 0 Å². The molecule has 0 radical (unpaired) electrons. The van der Waals surface area contributed by atoms with Crippen molar-refractivity contribution in [3.8, 4) is 5.75 Å². The van der Waals surface area contributed by atoms with Crippen LogP contribution in [0.3, 0.4) is 0 Å². The van der Waals surface area contributed by atoms with Crippen LogP contribution >= 0.6 is 0 Å². The minimum Gasteiger partial charge on any atom is -0.497 e. The Morgan fingerprint density at radius 2 is 1.65 bits per heavy atom. The highest BCUT2D eigenvalue weighted by Gasteiger charge is 2.27. The molecule has 0 N–H and O–H groups in total. The number of fused-ring (bicyclic) bond motifs is 1. The summed E-state index contributed by atoms with van der Waals surface area (Å²) in [6.45, 7) is 7.89. The maximum atomic E-state index is 12.4. The van der Waals surface area contributed by atoms with Gasteiger partial charge in [-0.15, -0.1) is 0 Å². The van der Waals surface area contributed by atoms with Crippen LogP contribution in [0.1, 0.15) is 39.2 Å². The second kappa shape index (κ2) is 5.28. The third-order valence-electron chi connectivity index (χ3n) is 3.70. The van der Waals surface area contributed by atoms with Crippen LogP contribution in [0.25, 0.3) is 10.8 Å². The lowest BCUT2D eigenvalue weighted by Crippen LogP contribution is -2.25. The van der Waals surface area contributed by atoms with Gasteiger partial charge in [0.1, 0.15) is 11.5 Å². The van der Waals surface area contributed by atoms with Crippen molar-refractivity contribution in [1.29, 1.82) is 0 Å². The molecule has 1 atom stereocenters. The number of ether oxygens (including phenoxy) is 1. The summed E-state index contributed by atoms with van der Waals surface area (Å²) >= 11 is 0. The van der Waals surface area contributed by atoms with Crippen LogP contribution in [0, 0.1) is 5.41 Å². The van der Waals surface area contributed by atoms with Gasteiger partial charge in [0.15, 0.2) is 0 Å². The standard InChI is InChI=1S/C18H22O2/c1-12(17(19)18(2,3)4)13-6-7-15-11-16(20-5)9-8-14(15)10-13/h6-12H,1-5H3. The summed E-state index contributed by atoms with van der Waals surface area (Å²) in [5, 5.41) is 2.26. The van der Waals surface area contributed by atoms with Gasteiger partial charge in [0, 0.05) is 11.3 Å². The zero-order valence-electron chi connectivity index (χ0n) is 12.9. The van der Waals surface area contributed by atoms with E-state index in [4.69, 9.17) is 4.74 Å². The third kappa shape index (κ3) is 2.84. The SMILES string of the molecule is COc1ccc2cc(C(C)C(=O)C(C)(C)C)ccc2c1. The van der Waals surface area contributed by atoms with E-state index in [9.17, 15) is 4.79 Å². The molecule has 0 aliphatic heterocycles. The van der Waals surface area contributed by atoms with Crippen molar-refractivity contribution < 1.29 is 9.53 Å². The maximum absolute atomic E-state index is 12.4. The molecule has 0 spiro atoms. The summed E-state index contributed by atoms with van der Waals surface area (Å²) in [5.41, 5.74) is 0.761. The third-order valence-corrected chi connectivity index (χ3v) is 3.70. The molecular weight excluding hydrogens is 248 g/mol. The molecular formula is C18H22O2. The molecule has 0 bridgehead atoms. The summed E-state index contributed by atoms with van der Waals surface area (Å²) in [4.78, 5) is 12.4. The summed E-state index contributed by atoms with van der Waals surface area (Å²) < 4.78 is 5.23. The van der Waals surface area contributed by atoms with Gasteiger partial charge in [-0.3, -0.25) is 4.79 Å². The van der Waals surface area contributed by atoms with Crippen molar-refractivity contribution in [2.45, 2.75) is 33.6 Å². The highest BCUT2D eigenvalue weighted by Crippen LogP contribution is 2.30. The molecule has 0 aliphatic rings. The van der Waals surface area contributed by atoms with Crippen molar-refractivity contribution in [3.05, 3.63) is 42.0 Å². The first kappa shape index (κ1) is 14.6. The van der Waals surface area contributed by atoms with Gasteiger partial charge in [-0.25, -0.2) is 0 Å². The van der Waals surface area contributed by atoms with E-state index in [1.807, 2.05) is 52.0 Å². The normalized spacial score (nSPS) is 13.2. The number of Topliss-reactive ketones (excluding diaryl/α,β-unsaturated/α-hetero) is 1. The molecule has 1 unspecified atom stereocenters. The van der Waals surface area contributed by atoms with Gasteiger partial charge in [0.05, 0.1) is 7.11 Å². The van der Waals surface area contributed by atoms with Gasteiger partial charge in [-0.1, -0.05) is 52.0 Å². The van der Waals surface area contributed by atoms with Crippen molar-refractivity contribution >= 4 is 16.6 Å². The Morgan fingerprint density at radius 3 is 2.25 bits per heavy atom.